The van der Waals surface area contributed by atoms with Gasteiger partial charge < -0.3 is 16.2 Å². The van der Waals surface area contributed by atoms with Gasteiger partial charge in [0.1, 0.15) is 5.52 Å². The Morgan fingerprint density at radius 1 is 1.44 bits per heavy atom. The first-order valence-electron chi connectivity index (χ1n) is 6.27. The van der Waals surface area contributed by atoms with Crippen molar-refractivity contribution in [3.05, 3.63) is 17.6 Å². The first-order valence-corrected chi connectivity index (χ1v) is 7.15. The molecule has 1 aromatic carbocycles. The standard InChI is InChI=1S/C13H17N3OS/c14-12-10(3-4-11-13(12)16-7-18-11)15-6-8-1-2-9(17)5-8/h3-4,7-9,15,17H,1-2,5-6,14H2. The number of rotatable bonds is 3. The normalized spacial score (nSPS) is 23.6. The van der Waals surface area contributed by atoms with Gasteiger partial charge in [0.05, 0.1) is 27.7 Å². The van der Waals surface area contributed by atoms with Gasteiger partial charge in [-0.2, -0.15) is 0 Å². The maximum atomic E-state index is 9.50. The number of benzene rings is 1. The highest BCUT2D eigenvalue weighted by atomic mass is 32.1. The molecule has 18 heavy (non-hydrogen) atoms. The third kappa shape index (κ3) is 2.15. The minimum absolute atomic E-state index is 0.116. The predicted octanol–water partition coefficient (Wildman–Crippen LogP) is 2.45. The molecule has 1 fully saturated rings. The van der Waals surface area contributed by atoms with Crippen LogP contribution in [0.1, 0.15) is 19.3 Å². The van der Waals surface area contributed by atoms with Crippen molar-refractivity contribution in [2.75, 3.05) is 17.6 Å². The van der Waals surface area contributed by atoms with Gasteiger partial charge >= 0.3 is 0 Å². The molecule has 96 valence electrons. The van der Waals surface area contributed by atoms with E-state index in [0.717, 1.165) is 47.4 Å². The number of aliphatic hydroxyl groups excluding tert-OH is 1. The zero-order valence-electron chi connectivity index (χ0n) is 10.1. The first-order chi connectivity index (χ1) is 8.74. The molecule has 0 radical (unpaired) electrons. The Morgan fingerprint density at radius 2 is 2.33 bits per heavy atom. The summed E-state index contributed by atoms with van der Waals surface area (Å²) in [6, 6.07) is 4.07. The molecule has 1 aliphatic carbocycles. The minimum Gasteiger partial charge on any atom is -0.395 e. The summed E-state index contributed by atoms with van der Waals surface area (Å²) in [5, 5.41) is 12.9. The summed E-state index contributed by atoms with van der Waals surface area (Å²) in [7, 11) is 0. The van der Waals surface area contributed by atoms with E-state index in [1.54, 1.807) is 11.3 Å². The summed E-state index contributed by atoms with van der Waals surface area (Å²) < 4.78 is 1.12. The van der Waals surface area contributed by atoms with E-state index in [1.807, 2.05) is 11.6 Å². The van der Waals surface area contributed by atoms with Gasteiger partial charge in [-0.05, 0) is 37.3 Å². The number of thiazole rings is 1. The van der Waals surface area contributed by atoms with Crippen LogP contribution in [-0.2, 0) is 0 Å². The topological polar surface area (TPSA) is 71.2 Å². The van der Waals surface area contributed by atoms with E-state index in [2.05, 4.69) is 16.4 Å². The summed E-state index contributed by atoms with van der Waals surface area (Å²) in [6.07, 6.45) is 2.79. The van der Waals surface area contributed by atoms with E-state index in [0.29, 0.717) is 5.92 Å². The Kier molecular flexibility index (Phi) is 3.09. The molecule has 0 saturated heterocycles. The van der Waals surface area contributed by atoms with Crippen molar-refractivity contribution in [2.24, 2.45) is 5.92 Å². The van der Waals surface area contributed by atoms with E-state index in [9.17, 15) is 5.11 Å². The van der Waals surface area contributed by atoms with Gasteiger partial charge in [0, 0.05) is 6.54 Å². The van der Waals surface area contributed by atoms with Crippen LogP contribution in [0, 0.1) is 5.92 Å². The second-order valence-corrected chi connectivity index (χ2v) is 5.83. The average Bonchev–Trinajstić information content (AvgIpc) is 2.97. The summed E-state index contributed by atoms with van der Waals surface area (Å²) in [4.78, 5) is 4.28. The minimum atomic E-state index is -0.116. The molecule has 5 heteroatoms. The van der Waals surface area contributed by atoms with Crippen molar-refractivity contribution in [3.63, 3.8) is 0 Å². The number of fused-ring (bicyclic) bond motifs is 1. The van der Waals surface area contributed by atoms with Gasteiger partial charge in [0.25, 0.3) is 0 Å². The lowest BCUT2D eigenvalue weighted by Gasteiger charge is -2.13. The predicted molar refractivity (Wildman–Crippen MR) is 75.9 cm³/mol. The summed E-state index contributed by atoms with van der Waals surface area (Å²) in [5.74, 6) is 0.547. The molecule has 4 nitrogen and oxygen atoms in total. The van der Waals surface area contributed by atoms with Crippen LogP contribution in [0.15, 0.2) is 17.6 Å². The van der Waals surface area contributed by atoms with Crippen molar-refractivity contribution < 1.29 is 5.11 Å². The molecule has 2 unspecified atom stereocenters. The van der Waals surface area contributed by atoms with Crippen LogP contribution in [0.25, 0.3) is 10.2 Å². The number of nitrogens with one attached hydrogen (secondary N) is 1. The molecule has 1 aromatic heterocycles. The fourth-order valence-corrected chi connectivity index (χ4v) is 3.29. The first kappa shape index (κ1) is 11.7. The van der Waals surface area contributed by atoms with Gasteiger partial charge in [0.15, 0.2) is 0 Å². The third-order valence-corrected chi connectivity index (χ3v) is 4.43. The van der Waals surface area contributed by atoms with Crippen LogP contribution in [0.4, 0.5) is 11.4 Å². The van der Waals surface area contributed by atoms with Crippen LogP contribution < -0.4 is 11.1 Å². The number of aliphatic hydroxyl groups is 1. The Labute approximate surface area is 110 Å². The molecule has 1 heterocycles. The lowest BCUT2D eigenvalue weighted by Crippen LogP contribution is -2.13. The van der Waals surface area contributed by atoms with Crippen LogP contribution in [0.3, 0.4) is 0 Å². The molecular weight excluding hydrogens is 246 g/mol. The molecule has 0 aliphatic heterocycles. The van der Waals surface area contributed by atoms with Crippen molar-refractivity contribution in [1.29, 1.82) is 0 Å². The number of nitrogen functional groups attached to an aromatic ring is 1. The van der Waals surface area contributed by atoms with E-state index in [4.69, 9.17) is 5.73 Å². The lowest BCUT2D eigenvalue weighted by atomic mass is 10.1. The number of nitrogens with zero attached hydrogens (tertiary/aromatic N) is 1. The fraction of sp³-hybridized carbons (Fsp3) is 0.462. The number of nitrogens with two attached hydrogens (primary N) is 1. The molecule has 3 rings (SSSR count). The van der Waals surface area contributed by atoms with Crippen LogP contribution in [-0.4, -0.2) is 22.7 Å². The highest BCUT2D eigenvalue weighted by molar-refractivity contribution is 7.16. The molecular formula is C13H17N3OS. The maximum absolute atomic E-state index is 9.50. The highest BCUT2D eigenvalue weighted by Gasteiger charge is 2.22. The van der Waals surface area contributed by atoms with E-state index >= 15 is 0 Å². The molecule has 1 saturated carbocycles. The smallest absolute Gasteiger partial charge is 0.106 e. The molecule has 0 spiro atoms. The summed E-state index contributed by atoms with van der Waals surface area (Å²) in [5.41, 5.74) is 10.5. The third-order valence-electron chi connectivity index (χ3n) is 3.64. The highest BCUT2D eigenvalue weighted by Crippen LogP contribution is 2.31. The molecule has 0 bridgehead atoms. The molecule has 4 N–H and O–H groups in total. The van der Waals surface area contributed by atoms with Crippen molar-refractivity contribution in [3.8, 4) is 0 Å². The fourth-order valence-electron chi connectivity index (χ4n) is 2.59. The lowest BCUT2D eigenvalue weighted by molar-refractivity contribution is 0.178. The second-order valence-electron chi connectivity index (χ2n) is 4.94. The maximum Gasteiger partial charge on any atom is 0.106 e. The Hall–Kier alpha value is -1.33. The Morgan fingerprint density at radius 3 is 3.11 bits per heavy atom. The number of aromatic nitrogens is 1. The largest absolute Gasteiger partial charge is 0.395 e. The quantitative estimate of drug-likeness (QED) is 0.744. The molecule has 2 aromatic rings. The molecule has 2 atom stereocenters. The number of hydrogen-bond acceptors (Lipinski definition) is 5. The molecule has 0 amide bonds. The van der Waals surface area contributed by atoms with Gasteiger partial charge in [0.2, 0.25) is 0 Å². The van der Waals surface area contributed by atoms with E-state index in [-0.39, 0.29) is 6.10 Å². The van der Waals surface area contributed by atoms with E-state index < -0.39 is 0 Å². The Balaban J connectivity index is 1.72. The van der Waals surface area contributed by atoms with Crippen molar-refractivity contribution in [1.82, 2.24) is 4.98 Å². The van der Waals surface area contributed by atoms with Crippen molar-refractivity contribution in [2.45, 2.75) is 25.4 Å². The zero-order valence-corrected chi connectivity index (χ0v) is 10.9. The van der Waals surface area contributed by atoms with Gasteiger partial charge in [-0.1, -0.05) is 0 Å². The molecule has 1 aliphatic rings. The monoisotopic (exact) mass is 263 g/mol. The van der Waals surface area contributed by atoms with Gasteiger partial charge in [-0.3, -0.25) is 0 Å². The van der Waals surface area contributed by atoms with E-state index in [1.165, 1.54) is 0 Å². The number of hydrogen-bond donors (Lipinski definition) is 3. The van der Waals surface area contributed by atoms with Crippen LogP contribution >= 0.6 is 11.3 Å². The van der Waals surface area contributed by atoms with Gasteiger partial charge in [-0.25, -0.2) is 4.98 Å². The SMILES string of the molecule is Nc1c(NCC2CCC(O)C2)ccc2scnc12. The van der Waals surface area contributed by atoms with Gasteiger partial charge in [-0.15, -0.1) is 11.3 Å². The van der Waals surface area contributed by atoms with Crippen molar-refractivity contribution >= 4 is 32.9 Å². The second kappa shape index (κ2) is 4.74. The average molecular weight is 263 g/mol. The zero-order chi connectivity index (χ0) is 12.5. The van der Waals surface area contributed by atoms with Crippen LogP contribution in [0.5, 0.6) is 0 Å². The summed E-state index contributed by atoms with van der Waals surface area (Å²) >= 11 is 1.60. The van der Waals surface area contributed by atoms with Crippen LogP contribution in [0.2, 0.25) is 0 Å². The number of anilines is 2. The Bertz CT molecular complexity index is 554. The summed E-state index contributed by atoms with van der Waals surface area (Å²) in [6.45, 7) is 0.872.